The Kier molecular flexibility index (Phi) is 4.73. The largest absolute Gasteiger partial charge is 0.309 e. The van der Waals surface area contributed by atoms with E-state index in [0.717, 1.165) is 4.47 Å². The van der Waals surface area contributed by atoms with Crippen molar-refractivity contribution in [2.75, 3.05) is 6.54 Å². The van der Waals surface area contributed by atoms with Gasteiger partial charge < -0.3 is 5.32 Å². The van der Waals surface area contributed by atoms with Crippen LogP contribution in [0.4, 0.5) is 4.39 Å². The molecule has 1 aromatic carbocycles. The molecular formula is C11H12BrFN2. The number of hydrogen-bond donors (Lipinski definition) is 1. The molecule has 0 aliphatic rings. The normalized spacial score (nSPS) is 12.1. The van der Waals surface area contributed by atoms with Gasteiger partial charge in [-0.2, -0.15) is 5.26 Å². The fraction of sp³-hybridized carbons (Fsp3) is 0.364. The third-order valence-electron chi connectivity index (χ3n) is 2.12. The Morgan fingerprint density at radius 1 is 1.60 bits per heavy atom. The fourth-order valence-corrected chi connectivity index (χ4v) is 1.64. The van der Waals surface area contributed by atoms with Crippen LogP contribution in [0, 0.1) is 17.1 Å². The lowest BCUT2D eigenvalue weighted by Gasteiger charge is -2.14. The van der Waals surface area contributed by atoms with Crippen LogP contribution in [0.5, 0.6) is 0 Å². The molecule has 0 aliphatic heterocycles. The van der Waals surface area contributed by atoms with Crippen LogP contribution in [0.25, 0.3) is 0 Å². The zero-order valence-corrected chi connectivity index (χ0v) is 10.0. The minimum absolute atomic E-state index is 0.0774. The van der Waals surface area contributed by atoms with E-state index in [9.17, 15) is 4.39 Å². The highest BCUT2D eigenvalue weighted by atomic mass is 79.9. The summed E-state index contributed by atoms with van der Waals surface area (Å²) in [6.45, 7) is 2.46. The molecule has 15 heavy (non-hydrogen) atoms. The molecule has 0 saturated heterocycles. The molecule has 0 bridgehead atoms. The standard InChI is InChI=1S/C11H12BrFN2/c1-8(15-6-2-5-14)10-4-3-9(12)7-11(10)13/h3-4,7-8,15H,2,6H2,1H3. The van der Waals surface area contributed by atoms with Gasteiger partial charge in [0.15, 0.2) is 0 Å². The summed E-state index contributed by atoms with van der Waals surface area (Å²) in [6, 6.07) is 6.95. The van der Waals surface area contributed by atoms with Gasteiger partial charge in [0.2, 0.25) is 0 Å². The van der Waals surface area contributed by atoms with Crippen LogP contribution in [-0.2, 0) is 0 Å². The van der Waals surface area contributed by atoms with E-state index in [1.807, 2.05) is 13.0 Å². The van der Waals surface area contributed by atoms with Crippen molar-refractivity contribution < 1.29 is 4.39 Å². The predicted molar refractivity (Wildman–Crippen MR) is 60.7 cm³/mol. The molecule has 0 fully saturated rings. The van der Waals surface area contributed by atoms with Gasteiger partial charge in [-0.3, -0.25) is 0 Å². The van der Waals surface area contributed by atoms with Crippen LogP contribution in [-0.4, -0.2) is 6.54 Å². The molecule has 4 heteroatoms. The van der Waals surface area contributed by atoms with Crippen molar-refractivity contribution in [2.45, 2.75) is 19.4 Å². The van der Waals surface area contributed by atoms with Crippen molar-refractivity contribution >= 4 is 15.9 Å². The molecular weight excluding hydrogens is 259 g/mol. The average Bonchev–Trinajstić information content (AvgIpc) is 2.17. The number of nitrogens with one attached hydrogen (secondary N) is 1. The summed E-state index contributed by atoms with van der Waals surface area (Å²) in [7, 11) is 0. The van der Waals surface area contributed by atoms with Crippen molar-refractivity contribution in [3.63, 3.8) is 0 Å². The number of halogens is 2. The molecule has 0 aliphatic carbocycles. The molecule has 0 spiro atoms. The Hall–Kier alpha value is -0.920. The second kappa shape index (κ2) is 5.84. The summed E-state index contributed by atoms with van der Waals surface area (Å²) >= 11 is 3.21. The Labute approximate surface area is 97.2 Å². The van der Waals surface area contributed by atoms with E-state index in [2.05, 4.69) is 21.2 Å². The van der Waals surface area contributed by atoms with Gasteiger partial charge in [-0.15, -0.1) is 0 Å². The minimum Gasteiger partial charge on any atom is -0.309 e. The Bertz CT molecular complexity index is 373. The highest BCUT2D eigenvalue weighted by molar-refractivity contribution is 9.10. The van der Waals surface area contributed by atoms with Gasteiger partial charge in [-0.25, -0.2) is 4.39 Å². The zero-order chi connectivity index (χ0) is 11.3. The topological polar surface area (TPSA) is 35.8 Å². The lowest BCUT2D eigenvalue weighted by molar-refractivity contribution is 0.533. The van der Waals surface area contributed by atoms with Gasteiger partial charge in [0, 0.05) is 29.0 Å². The van der Waals surface area contributed by atoms with Crippen molar-refractivity contribution in [2.24, 2.45) is 0 Å². The van der Waals surface area contributed by atoms with E-state index >= 15 is 0 Å². The molecule has 80 valence electrons. The smallest absolute Gasteiger partial charge is 0.129 e. The maximum atomic E-state index is 13.5. The molecule has 1 rings (SSSR count). The van der Waals surface area contributed by atoms with Crippen LogP contribution < -0.4 is 5.32 Å². The van der Waals surface area contributed by atoms with E-state index in [1.54, 1.807) is 12.1 Å². The third-order valence-corrected chi connectivity index (χ3v) is 2.61. The maximum Gasteiger partial charge on any atom is 0.129 e. The summed E-state index contributed by atoms with van der Waals surface area (Å²) in [5, 5.41) is 11.5. The highest BCUT2D eigenvalue weighted by Crippen LogP contribution is 2.20. The van der Waals surface area contributed by atoms with Crippen LogP contribution in [0.1, 0.15) is 24.9 Å². The molecule has 0 aromatic heterocycles. The number of nitriles is 1. The lowest BCUT2D eigenvalue weighted by Crippen LogP contribution is -2.20. The molecule has 0 radical (unpaired) electrons. The summed E-state index contributed by atoms with van der Waals surface area (Å²) in [4.78, 5) is 0. The van der Waals surface area contributed by atoms with Crippen molar-refractivity contribution in [1.82, 2.24) is 5.32 Å². The van der Waals surface area contributed by atoms with Crippen LogP contribution in [0.2, 0.25) is 0 Å². The van der Waals surface area contributed by atoms with E-state index < -0.39 is 0 Å². The quantitative estimate of drug-likeness (QED) is 0.854. The number of hydrogen-bond acceptors (Lipinski definition) is 2. The fourth-order valence-electron chi connectivity index (χ4n) is 1.31. The number of nitrogens with zero attached hydrogens (tertiary/aromatic N) is 1. The van der Waals surface area contributed by atoms with E-state index in [4.69, 9.17) is 5.26 Å². The molecule has 1 aromatic rings. The van der Waals surface area contributed by atoms with Gasteiger partial charge in [0.05, 0.1) is 6.07 Å². The number of rotatable bonds is 4. The molecule has 1 atom stereocenters. The summed E-state index contributed by atoms with van der Waals surface area (Å²) < 4.78 is 14.2. The molecule has 0 heterocycles. The van der Waals surface area contributed by atoms with Gasteiger partial charge in [0.25, 0.3) is 0 Å². The molecule has 0 saturated carbocycles. The van der Waals surface area contributed by atoms with E-state index in [-0.39, 0.29) is 11.9 Å². The van der Waals surface area contributed by atoms with E-state index in [0.29, 0.717) is 18.5 Å². The molecule has 1 unspecified atom stereocenters. The van der Waals surface area contributed by atoms with Gasteiger partial charge in [-0.1, -0.05) is 22.0 Å². The summed E-state index contributed by atoms with van der Waals surface area (Å²) in [6.07, 6.45) is 0.433. The monoisotopic (exact) mass is 270 g/mol. The van der Waals surface area contributed by atoms with Gasteiger partial charge >= 0.3 is 0 Å². The number of benzene rings is 1. The van der Waals surface area contributed by atoms with Gasteiger partial charge in [0.1, 0.15) is 5.82 Å². The predicted octanol–water partition coefficient (Wildman–Crippen LogP) is 3.15. The summed E-state index contributed by atoms with van der Waals surface area (Å²) in [5.74, 6) is -0.235. The second-order valence-corrected chi connectivity index (χ2v) is 4.17. The SMILES string of the molecule is CC(NCCC#N)c1ccc(Br)cc1F. The van der Waals surface area contributed by atoms with Crippen LogP contribution in [0.3, 0.4) is 0 Å². The highest BCUT2D eigenvalue weighted by Gasteiger charge is 2.09. The first-order valence-electron chi connectivity index (χ1n) is 4.70. The first-order chi connectivity index (χ1) is 7.15. The molecule has 1 N–H and O–H groups in total. The maximum absolute atomic E-state index is 13.5. The first kappa shape index (κ1) is 12.2. The zero-order valence-electron chi connectivity index (χ0n) is 8.43. The van der Waals surface area contributed by atoms with E-state index in [1.165, 1.54) is 6.07 Å². The van der Waals surface area contributed by atoms with Gasteiger partial charge in [-0.05, 0) is 19.1 Å². The van der Waals surface area contributed by atoms with Crippen LogP contribution >= 0.6 is 15.9 Å². The Morgan fingerprint density at radius 2 is 2.33 bits per heavy atom. The van der Waals surface area contributed by atoms with Crippen molar-refractivity contribution in [3.8, 4) is 6.07 Å². The first-order valence-corrected chi connectivity index (χ1v) is 5.49. The van der Waals surface area contributed by atoms with Crippen molar-refractivity contribution in [3.05, 3.63) is 34.1 Å². The van der Waals surface area contributed by atoms with Crippen LogP contribution in [0.15, 0.2) is 22.7 Å². The Balaban J connectivity index is 2.66. The Morgan fingerprint density at radius 3 is 2.93 bits per heavy atom. The lowest BCUT2D eigenvalue weighted by atomic mass is 10.1. The van der Waals surface area contributed by atoms with Crippen molar-refractivity contribution in [1.29, 1.82) is 5.26 Å². The second-order valence-electron chi connectivity index (χ2n) is 3.25. The minimum atomic E-state index is -0.235. The molecule has 0 amide bonds. The average molecular weight is 271 g/mol. The summed E-state index contributed by atoms with van der Waals surface area (Å²) in [5.41, 5.74) is 0.621. The molecule has 2 nitrogen and oxygen atoms in total. The third kappa shape index (κ3) is 3.61.